The molecule has 0 saturated carbocycles. The van der Waals surface area contributed by atoms with Gasteiger partial charge in [-0.2, -0.15) is 11.8 Å². The van der Waals surface area contributed by atoms with E-state index >= 15 is 0 Å². The minimum atomic E-state index is 0.266. The van der Waals surface area contributed by atoms with Crippen LogP contribution in [0.2, 0.25) is 0 Å². The number of aryl methyl sites for hydroxylation is 1. The van der Waals surface area contributed by atoms with E-state index in [0.29, 0.717) is 0 Å². The number of thiazole rings is 1. The number of nitrogens with zero attached hydrogens (tertiary/aromatic N) is 1. The van der Waals surface area contributed by atoms with E-state index in [4.69, 9.17) is 5.11 Å². The molecule has 1 aromatic rings. The summed E-state index contributed by atoms with van der Waals surface area (Å²) >= 11 is 3.46. The van der Waals surface area contributed by atoms with E-state index in [0.717, 1.165) is 16.5 Å². The Bertz CT molecular complexity index is 212. The van der Waals surface area contributed by atoms with E-state index in [-0.39, 0.29) is 6.61 Å². The molecule has 1 aromatic heterocycles. The van der Waals surface area contributed by atoms with Crippen LogP contribution in [-0.2, 0) is 5.75 Å². The second-order valence-corrected chi connectivity index (χ2v) is 4.55. The van der Waals surface area contributed by atoms with Gasteiger partial charge in [0.25, 0.3) is 0 Å². The Balaban J connectivity index is 2.27. The summed E-state index contributed by atoms with van der Waals surface area (Å²) in [6, 6.07) is 0. The fourth-order valence-electron chi connectivity index (χ4n) is 0.709. The maximum absolute atomic E-state index is 8.52. The minimum absolute atomic E-state index is 0.266. The highest BCUT2D eigenvalue weighted by Gasteiger charge is 1.96. The smallest absolute Gasteiger partial charge is 0.0897 e. The van der Waals surface area contributed by atoms with Gasteiger partial charge in [-0.25, -0.2) is 4.98 Å². The molecule has 0 aliphatic carbocycles. The van der Waals surface area contributed by atoms with Gasteiger partial charge in [-0.15, -0.1) is 11.3 Å². The SMILES string of the molecule is Cc1ncc(CSCCO)s1. The van der Waals surface area contributed by atoms with Crippen LogP contribution in [0.5, 0.6) is 0 Å². The summed E-state index contributed by atoms with van der Waals surface area (Å²) in [5, 5.41) is 9.63. The van der Waals surface area contributed by atoms with Gasteiger partial charge in [0.05, 0.1) is 11.6 Å². The molecule has 0 amide bonds. The molecule has 11 heavy (non-hydrogen) atoms. The fraction of sp³-hybridized carbons (Fsp3) is 0.571. The molecule has 62 valence electrons. The predicted octanol–water partition coefficient (Wildman–Crippen LogP) is 1.68. The lowest BCUT2D eigenvalue weighted by Crippen LogP contribution is -1.85. The van der Waals surface area contributed by atoms with Crippen LogP contribution in [0, 0.1) is 6.92 Å². The topological polar surface area (TPSA) is 33.1 Å². The van der Waals surface area contributed by atoms with E-state index in [1.807, 2.05) is 13.1 Å². The van der Waals surface area contributed by atoms with Gasteiger partial charge in [-0.3, -0.25) is 0 Å². The summed E-state index contributed by atoms with van der Waals surface area (Å²) in [7, 11) is 0. The van der Waals surface area contributed by atoms with E-state index in [1.54, 1.807) is 23.1 Å². The van der Waals surface area contributed by atoms with Crippen LogP contribution in [0.15, 0.2) is 6.20 Å². The third-order valence-electron chi connectivity index (χ3n) is 1.15. The molecule has 1 rings (SSSR count). The Labute approximate surface area is 74.7 Å². The van der Waals surface area contributed by atoms with Crippen LogP contribution in [0.1, 0.15) is 9.88 Å². The van der Waals surface area contributed by atoms with Gasteiger partial charge < -0.3 is 5.11 Å². The van der Waals surface area contributed by atoms with Crippen molar-refractivity contribution in [3.63, 3.8) is 0 Å². The molecule has 0 radical (unpaired) electrons. The molecule has 0 atom stereocenters. The van der Waals surface area contributed by atoms with Crippen molar-refractivity contribution in [2.45, 2.75) is 12.7 Å². The molecule has 0 unspecified atom stereocenters. The van der Waals surface area contributed by atoms with Gasteiger partial charge in [0.15, 0.2) is 0 Å². The molecule has 1 heterocycles. The number of hydrogen-bond donors (Lipinski definition) is 1. The van der Waals surface area contributed by atoms with Gasteiger partial charge in [-0.1, -0.05) is 0 Å². The molecule has 4 heteroatoms. The van der Waals surface area contributed by atoms with Crippen LogP contribution in [0.3, 0.4) is 0 Å². The fourth-order valence-corrected chi connectivity index (χ4v) is 2.33. The molecule has 0 bridgehead atoms. The molecule has 0 fully saturated rings. The van der Waals surface area contributed by atoms with E-state index in [1.165, 1.54) is 4.88 Å². The van der Waals surface area contributed by atoms with Gasteiger partial charge in [0.1, 0.15) is 0 Å². The molecule has 0 aromatic carbocycles. The molecular weight excluding hydrogens is 178 g/mol. The Kier molecular flexibility index (Phi) is 3.90. The van der Waals surface area contributed by atoms with Crippen molar-refractivity contribution in [3.8, 4) is 0 Å². The summed E-state index contributed by atoms with van der Waals surface area (Å²) in [6.45, 7) is 2.27. The second kappa shape index (κ2) is 4.74. The average molecular weight is 189 g/mol. The van der Waals surface area contributed by atoms with Crippen LogP contribution in [0.25, 0.3) is 0 Å². The first-order valence-electron chi connectivity index (χ1n) is 3.43. The van der Waals surface area contributed by atoms with Gasteiger partial charge in [-0.05, 0) is 6.92 Å². The Morgan fingerprint density at radius 1 is 1.73 bits per heavy atom. The highest BCUT2D eigenvalue weighted by molar-refractivity contribution is 7.98. The zero-order chi connectivity index (χ0) is 8.10. The molecule has 2 nitrogen and oxygen atoms in total. The number of aliphatic hydroxyl groups is 1. The Morgan fingerprint density at radius 3 is 3.09 bits per heavy atom. The van der Waals surface area contributed by atoms with Crippen LogP contribution in [0.4, 0.5) is 0 Å². The van der Waals surface area contributed by atoms with Crippen molar-refractivity contribution in [2.24, 2.45) is 0 Å². The number of aromatic nitrogens is 1. The zero-order valence-electron chi connectivity index (χ0n) is 6.41. The average Bonchev–Trinajstić information content (AvgIpc) is 2.37. The van der Waals surface area contributed by atoms with Gasteiger partial charge >= 0.3 is 0 Å². The monoisotopic (exact) mass is 189 g/mol. The third kappa shape index (κ3) is 3.22. The molecule has 1 N–H and O–H groups in total. The maximum atomic E-state index is 8.52. The highest BCUT2D eigenvalue weighted by atomic mass is 32.2. The summed E-state index contributed by atoms with van der Waals surface area (Å²) in [5.41, 5.74) is 0. The van der Waals surface area contributed by atoms with E-state index < -0.39 is 0 Å². The first kappa shape index (κ1) is 9.03. The Morgan fingerprint density at radius 2 is 2.55 bits per heavy atom. The molecule has 0 aliphatic heterocycles. The first-order chi connectivity index (χ1) is 5.33. The number of thioether (sulfide) groups is 1. The summed E-state index contributed by atoms with van der Waals surface area (Å²) in [5.74, 6) is 1.79. The zero-order valence-corrected chi connectivity index (χ0v) is 8.04. The maximum Gasteiger partial charge on any atom is 0.0897 e. The normalized spacial score (nSPS) is 10.4. The quantitative estimate of drug-likeness (QED) is 0.731. The number of rotatable bonds is 4. The third-order valence-corrected chi connectivity index (χ3v) is 3.23. The lowest BCUT2D eigenvalue weighted by atomic mass is 10.6. The molecule has 0 saturated heterocycles. The largest absolute Gasteiger partial charge is 0.396 e. The van der Waals surface area contributed by atoms with Crippen molar-refractivity contribution >= 4 is 23.1 Å². The van der Waals surface area contributed by atoms with E-state index in [2.05, 4.69) is 4.98 Å². The van der Waals surface area contributed by atoms with Crippen molar-refractivity contribution in [1.29, 1.82) is 0 Å². The second-order valence-electron chi connectivity index (χ2n) is 2.12. The summed E-state index contributed by atoms with van der Waals surface area (Å²) < 4.78 is 0. The predicted molar refractivity (Wildman–Crippen MR) is 50.1 cm³/mol. The van der Waals surface area contributed by atoms with Crippen molar-refractivity contribution < 1.29 is 5.11 Å². The highest BCUT2D eigenvalue weighted by Crippen LogP contribution is 2.17. The van der Waals surface area contributed by atoms with Crippen molar-refractivity contribution in [2.75, 3.05) is 12.4 Å². The Hall–Kier alpha value is -0.0600. The minimum Gasteiger partial charge on any atom is -0.396 e. The van der Waals surface area contributed by atoms with Crippen LogP contribution >= 0.6 is 23.1 Å². The first-order valence-corrected chi connectivity index (χ1v) is 5.40. The molecule has 0 spiro atoms. The number of hydrogen-bond acceptors (Lipinski definition) is 4. The molecular formula is C7H11NOS2. The summed E-state index contributed by atoms with van der Waals surface area (Å²) in [4.78, 5) is 5.43. The lowest BCUT2D eigenvalue weighted by molar-refractivity contribution is 0.322. The van der Waals surface area contributed by atoms with E-state index in [9.17, 15) is 0 Å². The van der Waals surface area contributed by atoms with Crippen LogP contribution in [-0.4, -0.2) is 22.5 Å². The van der Waals surface area contributed by atoms with Crippen LogP contribution < -0.4 is 0 Å². The van der Waals surface area contributed by atoms with Crippen molar-refractivity contribution in [1.82, 2.24) is 4.98 Å². The standard InChI is InChI=1S/C7H11NOS2/c1-6-8-4-7(11-6)5-10-3-2-9/h4,9H,2-3,5H2,1H3. The lowest BCUT2D eigenvalue weighted by Gasteiger charge is -1.93. The summed E-state index contributed by atoms with van der Waals surface area (Å²) in [6.07, 6.45) is 1.91. The molecule has 0 aliphatic rings. The van der Waals surface area contributed by atoms with Crippen molar-refractivity contribution in [3.05, 3.63) is 16.1 Å². The van der Waals surface area contributed by atoms with Gasteiger partial charge in [0, 0.05) is 22.6 Å². The number of aliphatic hydroxyl groups excluding tert-OH is 1. The van der Waals surface area contributed by atoms with Gasteiger partial charge in [0.2, 0.25) is 0 Å².